The third-order valence-corrected chi connectivity index (χ3v) is 5.79. The molecule has 1 fully saturated rings. The summed E-state index contributed by atoms with van der Waals surface area (Å²) >= 11 is 6.23. The van der Waals surface area contributed by atoms with E-state index in [-0.39, 0.29) is 31.1 Å². The highest BCUT2D eigenvalue weighted by molar-refractivity contribution is 6.32. The molecule has 0 radical (unpaired) electrons. The Balaban J connectivity index is 1.25. The van der Waals surface area contributed by atoms with E-state index < -0.39 is 23.8 Å². The Morgan fingerprint density at radius 2 is 1.97 bits per heavy atom. The van der Waals surface area contributed by atoms with E-state index >= 15 is 0 Å². The van der Waals surface area contributed by atoms with Crippen LogP contribution >= 0.6 is 11.6 Å². The van der Waals surface area contributed by atoms with Crippen LogP contribution in [0.2, 0.25) is 5.02 Å². The number of benzene rings is 1. The van der Waals surface area contributed by atoms with Crippen LogP contribution in [0.5, 0.6) is 0 Å². The molecule has 4 heterocycles. The van der Waals surface area contributed by atoms with Crippen molar-refractivity contribution in [3.8, 4) is 0 Å². The van der Waals surface area contributed by atoms with Crippen LogP contribution in [0.15, 0.2) is 47.3 Å². The van der Waals surface area contributed by atoms with Gasteiger partial charge in [-0.1, -0.05) is 11.6 Å². The molecule has 1 aliphatic rings. The molecule has 192 valence electrons. The molecule has 0 unspecified atom stereocenters. The number of amides is 2. The van der Waals surface area contributed by atoms with Crippen LogP contribution in [0.25, 0.3) is 16.6 Å². The monoisotopic (exact) mass is 525 g/mol. The molecule has 0 atom stereocenters. The minimum absolute atomic E-state index is 0.0667. The Kier molecular flexibility index (Phi) is 6.24. The second-order valence-corrected chi connectivity index (χ2v) is 10.1. The number of nitrogens with one attached hydrogen (secondary N) is 1. The fraction of sp³-hybridized carbons (Fsp3) is 0.320. The van der Waals surface area contributed by atoms with E-state index in [1.54, 1.807) is 51.4 Å². The minimum atomic E-state index is -0.622. The zero-order chi connectivity index (χ0) is 26.3. The SMILES string of the molecule is CC(C)(C)OC(=O)N1CC(OC(=O)c2cc(Cl)cc3cc(CNC(=O)c4cnn5cccnc45)oc23)C1. The number of rotatable bonds is 5. The quantitative estimate of drug-likeness (QED) is 0.389. The summed E-state index contributed by atoms with van der Waals surface area (Å²) in [6, 6.07) is 6.53. The minimum Gasteiger partial charge on any atom is -0.458 e. The van der Waals surface area contributed by atoms with Gasteiger partial charge < -0.3 is 24.1 Å². The van der Waals surface area contributed by atoms with Gasteiger partial charge in [-0.3, -0.25) is 4.79 Å². The molecule has 0 aliphatic carbocycles. The van der Waals surface area contributed by atoms with Gasteiger partial charge in [0, 0.05) is 22.8 Å². The molecule has 2 amide bonds. The van der Waals surface area contributed by atoms with E-state index in [1.165, 1.54) is 21.7 Å². The van der Waals surface area contributed by atoms with E-state index in [4.69, 9.17) is 25.5 Å². The van der Waals surface area contributed by atoms with Crippen molar-refractivity contribution in [1.82, 2.24) is 24.8 Å². The Bertz CT molecular complexity index is 1520. The predicted molar refractivity (Wildman–Crippen MR) is 132 cm³/mol. The van der Waals surface area contributed by atoms with Crippen LogP contribution in [0.4, 0.5) is 4.79 Å². The summed E-state index contributed by atoms with van der Waals surface area (Å²) in [5.41, 5.74) is 0.598. The van der Waals surface area contributed by atoms with Gasteiger partial charge in [0.05, 0.1) is 25.8 Å². The molecule has 1 N–H and O–H groups in total. The molecule has 12 heteroatoms. The van der Waals surface area contributed by atoms with Gasteiger partial charge in [0.15, 0.2) is 5.65 Å². The molecule has 1 aliphatic heterocycles. The zero-order valence-corrected chi connectivity index (χ0v) is 21.1. The van der Waals surface area contributed by atoms with Gasteiger partial charge >= 0.3 is 12.1 Å². The molecule has 3 aromatic heterocycles. The number of nitrogens with zero attached hydrogens (tertiary/aromatic N) is 4. The number of esters is 1. The first kappa shape index (κ1) is 24.6. The average Bonchev–Trinajstić information content (AvgIpc) is 3.41. The van der Waals surface area contributed by atoms with Crippen molar-refractivity contribution in [2.75, 3.05) is 13.1 Å². The number of halogens is 1. The van der Waals surface area contributed by atoms with Crippen molar-refractivity contribution in [1.29, 1.82) is 0 Å². The first-order chi connectivity index (χ1) is 17.6. The molecule has 5 rings (SSSR count). The molecule has 4 aromatic rings. The molecular formula is C25H24ClN5O6. The van der Waals surface area contributed by atoms with Crippen molar-refractivity contribution in [2.45, 2.75) is 39.0 Å². The molecule has 37 heavy (non-hydrogen) atoms. The van der Waals surface area contributed by atoms with Crippen LogP contribution in [-0.2, 0) is 16.0 Å². The summed E-state index contributed by atoms with van der Waals surface area (Å²) < 4.78 is 18.3. The molecule has 0 bridgehead atoms. The van der Waals surface area contributed by atoms with Gasteiger partial charge in [0.2, 0.25) is 0 Å². The van der Waals surface area contributed by atoms with Crippen molar-refractivity contribution < 1.29 is 28.3 Å². The van der Waals surface area contributed by atoms with E-state index in [2.05, 4.69) is 15.4 Å². The first-order valence-corrected chi connectivity index (χ1v) is 11.9. The predicted octanol–water partition coefficient (Wildman–Crippen LogP) is 3.84. The van der Waals surface area contributed by atoms with Crippen LogP contribution in [0.3, 0.4) is 0 Å². The van der Waals surface area contributed by atoms with Crippen LogP contribution in [-0.4, -0.2) is 62.3 Å². The highest BCUT2D eigenvalue weighted by Gasteiger charge is 2.36. The topological polar surface area (TPSA) is 128 Å². The van der Waals surface area contributed by atoms with Gasteiger partial charge in [-0.15, -0.1) is 0 Å². The van der Waals surface area contributed by atoms with Gasteiger partial charge in [-0.2, -0.15) is 5.10 Å². The Morgan fingerprint density at radius 1 is 1.19 bits per heavy atom. The second kappa shape index (κ2) is 9.40. The standard InChI is InChI=1S/C25H24ClN5O6/c1-25(2,3)37-24(34)30-12-17(13-30)36-23(33)18-9-15(26)7-14-8-16(35-20(14)18)10-28-22(32)19-11-29-31-6-4-5-27-21(19)31/h4-9,11,17H,10,12-13H2,1-3H3,(H,28,32). The number of furan rings is 1. The van der Waals surface area contributed by atoms with Gasteiger partial charge in [-0.25, -0.2) is 19.1 Å². The molecule has 1 saturated heterocycles. The molecule has 1 aromatic carbocycles. The van der Waals surface area contributed by atoms with Gasteiger partial charge in [0.25, 0.3) is 5.91 Å². The Hall–Kier alpha value is -4.12. The molecule has 0 saturated carbocycles. The largest absolute Gasteiger partial charge is 0.458 e. The number of hydrogen-bond acceptors (Lipinski definition) is 8. The van der Waals surface area contributed by atoms with E-state index in [0.29, 0.717) is 33.0 Å². The maximum Gasteiger partial charge on any atom is 0.410 e. The van der Waals surface area contributed by atoms with E-state index in [9.17, 15) is 14.4 Å². The summed E-state index contributed by atoms with van der Waals surface area (Å²) in [7, 11) is 0. The fourth-order valence-electron chi connectivity index (χ4n) is 3.86. The third kappa shape index (κ3) is 5.21. The van der Waals surface area contributed by atoms with Crippen molar-refractivity contribution in [2.24, 2.45) is 0 Å². The lowest BCUT2D eigenvalue weighted by molar-refractivity contribution is -0.0452. The highest BCUT2D eigenvalue weighted by atomic mass is 35.5. The number of likely N-dealkylation sites (tertiary alicyclic amines) is 1. The fourth-order valence-corrected chi connectivity index (χ4v) is 4.09. The number of ether oxygens (including phenoxy) is 2. The van der Waals surface area contributed by atoms with Crippen LogP contribution < -0.4 is 5.32 Å². The maximum atomic E-state index is 12.9. The second-order valence-electron chi connectivity index (χ2n) is 9.63. The lowest BCUT2D eigenvalue weighted by Crippen LogP contribution is -2.56. The smallest absolute Gasteiger partial charge is 0.410 e. The number of aromatic nitrogens is 3. The summed E-state index contributed by atoms with van der Waals surface area (Å²) in [6.45, 7) is 5.89. The maximum absolute atomic E-state index is 12.9. The van der Waals surface area contributed by atoms with Crippen molar-refractivity contribution in [3.63, 3.8) is 0 Å². The van der Waals surface area contributed by atoms with Crippen LogP contribution in [0.1, 0.15) is 47.2 Å². The molecule has 0 spiro atoms. The highest BCUT2D eigenvalue weighted by Crippen LogP contribution is 2.29. The zero-order valence-electron chi connectivity index (χ0n) is 20.4. The van der Waals surface area contributed by atoms with Crippen LogP contribution in [0, 0.1) is 0 Å². The van der Waals surface area contributed by atoms with Gasteiger partial charge in [-0.05, 0) is 45.0 Å². The first-order valence-electron chi connectivity index (χ1n) is 11.5. The Morgan fingerprint density at radius 3 is 2.73 bits per heavy atom. The lowest BCUT2D eigenvalue weighted by atomic mass is 10.1. The number of carbonyl (C=O) groups is 3. The third-order valence-electron chi connectivity index (χ3n) is 5.57. The Labute approximate surface area is 216 Å². The number of hydrogen-bond donors (Lipinski definition) is 1. The summed E-state index contributed by atoms with van der Waals surface area (Å²) in [5, 5.41) is 7.80. The average molecular weight is 526 g/mol. The lowest BCUT2D eigenvalue weighted by Gasteiger charge is -2.38. The number of carbonyl (C=O) groups excluding carboxylic acids is 3. The summed E-state index contributed by atoms with van der Waals surface area (Å²) in [4.78, 5) is 43.3. The molecular weight excluding hydrogens is 502 g/mol. The summed E-state index contributed by atoms with van der Waals surface area (Å²) in [6.07, 6.45) is 3.79. The normalized spacial score (nSPS) is 14.0. The van der Waals surface area contributed by atoms with E-state index in [1.807, 2.05) is 0 Å². The van der Waals surface area contributed by atoms with Crippen molar-refractivity contribution in [3.05, 3.63) is 64.8 Å². The summed E-state index contributed by atoms with van der Waals surface area (Å²) in [5.74, 6) is -0.570. The molecule has 11 nitrogen and oxygen atoms in total. The van der Waals surface area contributed by atoms with Crippen molar-refractivity contribution >= 4 is 46.2 Å². The number of fused-ring (bicyclic) bond motifs is 2. The van der Waals surface area contributed by atoms with Gasteiger partial charge in [0.1, 0.15) is 34.2 Å². The van der Waals surface area contributed by atoms with E-state index in [0.717, 1.165) is 0 Å².